The van der Waals surface area contributed by atoms with Gasteiger partial charge in [-0.25, -0.2) is 4.39 Å². The van der Waals surface area contributed by atoms with E-state index in [9.17, 15) is 9.50 Å². The Balaban J connectivity index is 1.96. The van der Waals surface area contributed by atoms with Gasteiger partial charge in [0.1, 0.15) is 5.82 Å². The monoisotopic (exact) mass is 362 g/mol. The van der Waals surface area contributed by atoms with Crippen molar-refractivity contribution in [3.8, 4) is 0 Å². The molecule has 1 N–H and O–H groups in total. The highest BCUT2D eigenvalue weighted by Crippen LogP contribution is 2.32. The molecule has 0 aliphatic carbocycles. The van der Waals surface area contributed by atoms with Crippen molar-refractivity contribution in [2.24, 2.45) is 0 Å². The van der Waals surface area contributed by atoms with Gasteiger partial charge < -0.3 is 5.11 Å². The van der Waals surface area contributed by atoms with Crippen molar-refractivity contribution < 1.29 is 9.50 Å². The molecule has 2 rings (SSSR count). The van der Waals surface area contributed by atoms with Gasteiger partial charge in [-0.2, -0.15) is 0 Å². The zero-order valence-electron chi connectivity index (χ0n) is 10.1. The molecule has 1 aromatic heterocycles. The lowest BCUT2D eigenvalue weighted by Crippen LogP contribution is -2.02. The number of halogens is 3. The predicted octanol–water partition coefficient (Wildman–Crippen LogP) is 5.36. The Hall–Kier alpha value is -0.420. The van der Waals surface area contributed by atoms with Gasteiger partial charge >= 0.3 is 0 Å². The zero-order valence-corrected chi connectivity index (χ0v) is 13.2. The highest BCUT2D eigenvalue weighted by atomic mass is 79.9. The molecule has 1 heterocycles. The van der Waals surface area contributed by atoms with Gasteiger partial charge in [0.25, 0.3) is 0 Å². The van der Waals surface area contributed by atoms with Crippen LogP contribution >= 0.6 is 38.9 Å². The number of thiophene rings is 1. The zero-order chi connectivity index (χ0) is 13.8. The summed E-state index contributed by atoms with van der Waals surface area (Å²) in [7, 11) is 0. The fourth-order valence-corrected chi connectivity index (χ4v) is 3.11. The van der Waals surface area contributed by atoms with Crippen molar-refractivity contribution in [2.45, 2.75) is 25.4 Å². The number of hydrogen-bond donors (Lipinski definition) is 1. The molecule has 0 saturated heterocycles. The molecule has 0 aliphatic heterocycles. The molecule has 0 amide bonds. The van der Waals surface area contributed by atoms with Crippen molar-refractivity contribution in [3.05, 3.63) is 55.4 Å². The van der Waals surface area contributed by atoms with E-state index in [1.807, 2.05) is 11.4 Å². The second-order valence-corrected chi connectivity index (χ2v) is 6.52. The summed E-state index contributed by atoms with van der Waals surface area (Å²) in [5.74, 6) is -0.542. The molecule has 1 atom stereocenters. The Morgan fingerprint density at radius 3 is 2.84 bits per heavy atom. The predicted molar refractivity (Wildman–Crippen MR) is 81.3 cm³/mol. The number of rotatable bonds is 5. The largest absolute Gasteiger partial charge is 0.388 e. The van der Waals surface area contributed by atoms with E-state index in [4.69, 9.17) is 11.6 Å². The Morgan fingerprint density at radius 1 is 1.37 bits per heavy atom. The summed E-state index contributed by atoms with van der Waals surface area (Å²) in [5, 5.41) is 12.1. The van der Waals surface area contributed by atoms with E-state index in [-0.39, 0.29) is 10.6 Å². The summed E-state index contributed by atoms with van der Waals surface area (Å²) >= 11 is 10.7. The minimum Gasteiger partial charge on any atom is -0.388 e. The van der Waals surface area contributed by atoms with Gasteiger partial charge in [0, 0.05) is 14.9 Å². The van der Waals surface area contributed by atoms with E-state index in [1.165, 1.54) is 4.88 Å². The lowest BCUT2D eigenvalue weighted by molar-refractivity contribution is 0.160. The third kappa shape index (κ3) is 3.78. The molecular weight excluding hydrogens is 351 g/mol. The average molecular weight is 364 g/mol. The van der Waals surface area contributed by atoms with Crippen LogP contribution in [0.5, 0.6) is 0 Å². The first kappa shape index (κ1) is 15.0. The van der Waals surface area contributed by atoms with Gasteiger partial charge in [0.2, 0.25) is 0 Å². The number of aliphatic hydroxyl groups excluding tert-OH is 1. The first-order chi connectivity index (χ1) is 9.09. The van der Waals surface area contributed by atoms with Gasteiger partial charge in [0.05, 0.1) is 11.1 Å². The SMILES string of the molecule is OC(CCCc1cccs1)c1ccc(Br)c(Cl)c1F. The average Bonchev–Trinajstić information content (AvgIpc) is 2.89. The maximum Gasteiger partial charge on any atom is 0.148 e. The molecule has 0 radical (unpaired) electrons. The highest BCUT2D eigenvalue weighted by Gasteiger charge is 2.16. The third-order valence-corrected chi connectivity index (χ3v) is 5.10. The van der Waals surface area contributed by atoms with Gasteiger partial charge in [-0.3, -0.25) is 0 Å². The van der Waals surface area contributed by atoms with Gasteiger partial charge in [-0.05, 0) is 52.7 Å². The summed E-state index contributed by atoms with van der Waals surface area (Å²) in [6.45, 7) is 0. The van der Waals surface area contributed by atoms with Crippen LogP contribution in [0.4, 0.5) is 4.39 Å². The highest BCUT2D eigenvalue weighted by molar-refractivity contribution is 9.10. The summed E-state index contributed by atoms with van der Waals surface area (Å²) < 4.78 is 14.4. The molecule has 102 valence electrons. The lowest BCUT2D eigenvalue weighted by atomic mass is 10.0. The number of benzene rings is 1. The Kier molecular flexibility index (Phi) is 5.39. The minimum atomic E-state index is -0.814. The number of aryl methyl sites for hydroxylation is 1. The Morgan fingerprint density at radius 2 is 2.16 bits per heavy atom. The maximum atomic E-state index is 13.9. The van der Waals surface area contributed by atoms with Crippen molar-refractivity contribution in [3.63, 3.8) is 0 Å². The first-order valence-corrected chi connectivity index (χ1v) is 7.98. The van der Waals surface area contributed by atoms with Crippen LogP contribution in [0.15, 0.2) is 34.1 Å². The van der Waals surface area contributed by atoms with Crippen LogP contribution in [0.25, 0.3) is 0 Å². The van der Waals surface area contributed by atoms with E-state index >= 15 is 0 Å². The molecule has 19 heavy (non-hydrogen) atoms. The molecule has 0 aliphatic rings. The van der Waals surface area contributed by atoms with E-state index in [2.05, 4.69) is 22.0 Å². The normalized spacial score (nSPS) is 12.6. The van der Waals surface area contributed by atoms with Crippen molar-refractivity contribution in [2.75, 3.05) is 0 Å². The second kappa shape index (κ2) is 6.84. The third-order valence-electron chi connectivity index (χ3n) is 2.90. The fraction of sp³-hybridized carbons (Fsp3) is 0.286. The minimum absolute atomic E-state index is 0.0230. The van der Waals surface area contributed by atoms with Crippen molar-refractivity contribution in [1.29, 1.82) is 0 Å². The second-order valence-electron chi connectivity index (χ2n) is 4.25. The van der Waals surface area contributed by atoms with Crippen LogP contribution in [-0.4, -0.2) is 5.11 Å². The molecule has 1 aromatic carbocycles. The molecule has 0 saturated carbocycles. The molecular formula is C14H13BrClFOS. The van der Waals surface area contributed by atoms with E-state index in [0.29, 0.717) is 10.9 Å². The molecule has 0 fully saturated rings. The van der Waals surface area contributed by atoms with Crippen LogP contribution < -0.4 is 0 Å². The Labute approximate surface area is 129 Å². The van der Waals surface area contributed by atoms with Crippen LogP contribution in [0.3, 0.4) is 0 Å². The molecule has 0 bridgehead atoms. The molecule has 0 spiro atoms. The smallest absolute Gasteiger partial charge is 0.148 e. The van der Waals surface area contributed by atoms with E-state index in [0.717, 1.165) is 12.8 Å². The fourth-order valence-electron chi connectivity index (χ4n) is 1.88. The Bertz CT molecular complexity index is 545. The summed E-state index contributed by atoms with van der Waals surface area (Å²) in [4.78, 5) is 1.28. The maximum absolute atomic E-state index is 13.9. The van der Waals surface area contributed by atoms with Crippen LogP contribution in [0.1, 0.15) is 29.4 Å². The summed E-state index contributed by atoms with van der Waals surface area (Å²) in [6, 6.07) is 7.29. The van der Waals surface area contributed by atoms with Gasteiger partial charge in [0.15, 0.2) is 0 Å². The summed E-state index contributed by atoms with van der Waals surface area (Å²) in [6.07, 6.45) is 1.42. The van der Waals surface area contributed by atoms with Crippen LogP contribution in [0.2, 0.25) is 5.02 Å². The topological polar surface area (TPSA) is 20.2 Å². The van der Waals surface area contributed by atoms with Gasteiger partial charge in [-0.15, -0.1) is 11.3 Å². The number of aliphatic hydroxyl groups is 1. The molecule has 2 aromatic rings. The molecule has 5 heteroatoms. The van der Waals surface area contributed by atoms with Crippen LogP contribution in [-0.2, 0) is 6.42 Å². The van der Waals surface area contributed by atoms with Crippen molar-refractivity contribution >= 4 is 38.9 Å². The number of hydrogen-bond acceptors (Lipinski definition) is 2. The first-order valence-electron chi connectivity index (χ1n) is 5.93. The lowest BCUT2D eigenvalue weighted by Gasteiger charge is -2.13. The van der Waals surface area contributed by atoms with E-state index in [1.54, 1.807) is 23.5 Å². The van der Waals surface area contributed by atoms with E-state index < -0.39 is 11.9 Å². The standard InChI is InChI=1S/C14H13BrClFOS/c15-11-7-6-10(14(17)13(11)16)12(18)5-1-3-9-4-2-8-19-9/h2,4,6-8,12,18H,1,3,5H2. The summed E-state index contributed by atoms with van der Waals surface area (Å²) in [5.41, 5.74) is 0.263. The van der Waals surface area contributed by atoms with Crippen LogP contribution in [0, 0.1) is 5.82 Å². The van der Waals surface area contributed by atoms with Crippen molar-refractivity contribution in [1.82, 2.24) is 0 Å². The van der Waals surface area contributed by atoms with Gasteiger partial charge in [-0.1, -0.05) is 23.7 Å². The molecule has 1 unspecified atom stereocenters. The molecule has 1 nitrogen and oxygen atoms in total. The quantitative estimate of drug-likeness (QED) is 0.709.